The number of pyridine rings is 1. The third kappa shape index (κ3) is 3.50. The molecule has 1 amide bonds. The van der Waals surface area contributed by atoms with Gasteiger partial charge in [-0.25, -0.2) is 0 Å². The predicted octanol–water partition coefficient (Wildman–Crippen LogP) is 1.15. The molecule has 114 valence electrons. The van der Waals surface area contributed by atoms with Crippen LogP contribution in [0, 0.1) is 11.9 Å². The van der Waals surface area contributed by atoms with Crippen molar-refractivity contribution in [1.82, 2.24) is 14.8 Å². The van der Waals surface area contributed by atoms with Gasteiger partial charge in [-0.15, -0.1) is 0 Å². The van der Waals surface area contributed by atoms with Crippen LogP contribution in [0.3, 0.4) is 0 Å². The van der Waals surface area contributed by atoms with Crippen molar-refractivity contribution in [2.45, 2.75) is 18.9 Å². The maximum atomic E-state index is 13.0. The highest BCUT2D eigenvalue weighted by Gasteiger charge is 2.31. The molecule has 3 heterocycles. The minimum Gasteiger partial charge on any atom is -0.473 e. The van der Waals surface area contributed by atoms with Crippen LogP contribution < -0.4 is 4.74 Å². The van der Waals surface area contributed by atoms with Crippen molar-refractivity contribution in [3.05, 3.63) is 24.1 Å². The van der Waals surface area contributed by atoms with E-state index in [1.807, 2.05) is 7.05 Å². The lowest BCUT2D eigenvalue weighted by Gasteiger charge is -2.20. The van der Waals surface area contributed by atoms with Gasteiger partial charge >= 0.3 is 0 Å². The second-order valence-electron chi connectivity index (χ2n) is 5.93. The third-order valence-electron chi connectivity index (χ3n) is 4.14. The Balaban J connectivity index is 1.48. The largest absolute Gasteiger partial charge is 0.473 e. The number of amides is 1. The number of hydrogen-bond acceptors (Lipinski definition) is 4. The molecule has 0 aliphatic carbocycles. The maximum Gasteiger partial charge on any atom is 0.222 e. The zero-order valence-electron chi connectivity index (χ0n) is 12.2. The van der Waals surface area contributed by atoms with Gasteiger partial charge in [0.25, 0.3) is 0 Å². The first-order valence-corrected chi connectivity index (χ1v) is 7.35. The number of nitrogens with zero attached hydrogens (tertiary/aromatic N) is 3. The Morgan fingerprint density at radius 2 is 2.29 bits per heavy atom. The summed E-state index contributed by atoms with van der Waals surface area (Å²) in [4.78, 5) is 19.4. The SMILES string of the molecule is CN1CC(CN2CCC(Oc3cccc(F)n3)C2)CC1=O. The van der Waals surface area contributed by atoms with Crippen LogP contribution in [0.15, 0.2) is 18.2 Å². The molecular formula is C15H20FN3O2. The van der Waals surface area contributed by atoms with Gasteiger partial charge in [-0.05, 0) is 18.4 Å². The van der Waals surface area contributed by atoms with Gasteiger partial charge in [-0.2, -0.15) is 9.37 Å². The first kappa shape index (κ1) is 14.3. The number of rotatable bonds is 4. The number of carbonyl (C=O) groups excluding carboxylic acids is 1. The van der Waals surface area contributed by atoms with Crippen LogP contribution in [0.25, 0.3) is 0 Å². The molecule has 0 aromatic carbocycles. The van der Waals surface area contributed by atoms with Crippen LogP contribution in [-0.4, -0.2) is 60.0 Å². The third-order valence-corrected chi connectivity index (χ3v) is 4.14. The van der Waals surface area contributed by atoms with E-state index < -0.39 is 5.95 Å². The molecule has 5 nitrogen and oxygen atoms in total. The smallest absolute Gasteiger partial charge is 0.222 e. The summed E-state index contributed by atoms with van der Waals surface area (Å²) in [6, 6.07) is 4.59. The topological polar surface area (TPSA) is 45.7 Å². The van der Waals surface area contributed by atoms with Crippen LogP contribution in [0.1, 0.15) is 12.8 Å². The zero-order valence-corrected chi connectivity index (χ0v) is 12.2. The lowest BCUT2D eigenvalue weighted by atomic mass is 10.1. The molecule has 2 atom stereocenters. The minimum absolute atomic E-state index is 0.0501. The fraction of sp³-hybridized carbons (Fsp3) is 0.600. The summed E-state index contributed by atoms with van der Waals surface area (Å²) < 4.78 is 18.7. The average molecular weight is 293 g/mol. The van der Waals surface area contributed by atoms with Gasteiger partial charge in [0, 0.05) is 45.7 Å². The Bertz CT molecular complexity index is 525. The maximum absolute atomic E-state index is 13.0. The van der Waals surface area contributed by atoms with E-state index in [2.05, 4.69) is 9.88 Å². The highest BCUT2D eigenvalue weighted by molar-refractivity contribution is 5.78. The van der Waals surface area contributed by atoms with Gasteiger partial charge in [-0.1, -0.05) is 6.07 Å². The van der Waals surface area contributed by atoms with Crippen LogP contribution >= 0.6 is 0 Å². The van der Waals surface area contributed by atoms with Gasteiger partial charge < -0.3 is 9.64 Å². The Labute approximate surface area is 123 Å². The van der Waals surface area contributed by atoms with Crippen LogP contribution in [0.2, 0.25) is 0 Å². The van der Waals surface area contributed by atoms with Crippen molar-refractivity contribution in [2.75, 3.05) is 33.2 Å². The monoisotopic (exact) mass is 293 g/mol. The molecule has 1 aromatic heterocycles. The molecule has 2 aliphatic rings. The zero-order chi connectivity index (χ0) is 14.8. The van der Waals surface area contributed by atoms with E-state index in [-0.39, 0.29) is 12.0 Å². The van der Waals surface area contributed by atoms with E-state index in [1.54, 1.807) is 17.0 Å². The summed E-state index contributed by atoms with van der Waals surface area (Å²) in [6.07, 6.45) is 1.60. The van der Waals surface area contributed by atoms with Gasteiger partial charge in [0.1, 0.15) is 6.10 Å². The van der Waals surface area contributed by atoms with Crippen molar-refractivity contribution in [3.8, 4) is 5.88 Å². The van der Waals surface area contributed by atoms with Crippen molar-refractivity contribution in [3.63, 3.8) is 0 Å². The number of ether oxygens (including phenoxy) is 1. The van der Waals surface area contributed by atoms with Gasteiger partial charge in [0.15, 0.2) is 0 Å². The minimum atomic E-state index is -0.519. The lowest BCUT2D eigenvalue weighted by molar-refractivity contribution is -0.126. The molecule has 0 bridgehead atoms. The van der Waals surface area contributed by atoms with Crippen molar-refractivity contribution >= 4 is 5.91 Å². The quantitative estimate of drug-likeness (QED) is 0.781. The second kappa shape index (κ2) is 5.97. The number of likely N-dealkylation sites (tertiary alicyclic amines) is 2. The summed E-state index contributed by atoms with van der Waals surface area (Å²) in [6.45, 7) is 3.53. The van der Waals surface area contributed by atoms with Gasteiger partial charge in [0.2, 0.25) is 17.7 Å². The fourth-order valence-corrected chi connectivity index (χ4v) is 3.13. The summed E-state index contributed by atoms with van der Waals surface area (Å²) >= 11 is 0. The van der Waals surface area contributed by atoms with E-state index in [4.69, 9.17) is 4.74 Å². The van der Waals surface area contributed by atoms with E-state index in [0.29, 0.717) is 18.2 Å². The molecular weight excluding hydrogens is 273 g/mol. The Morgan fingerprint density at radius 1 is 1.43 bits per heavy atom. The molecule has 6 heteroatoms. The van der Waals surface area contributed by atoms with Gasteiger partial charge in [0.05, 0.1) is 0 Å². The molecule has 0 radical (unpaired) electrons. The number of halogens is 1. The average Bonchev–Trinajstić information content (AvgIpc) is 2.98. The molecule has 2 aliphatic heterocycles. The van der Waals surface area contributed by atoms with E-state index in [1.165, 1.54) is 6.07 Å². The normalized spacial score (nSPS) is 26.6. The highest BCUT2D eigenvalue weighted by atomic mass is 19.1. The summed E-state index contributed by atoms with van der Waals surface area (Å²) in [5.74, 6) is 0.469. The lowest BCUT2D eigenvalue weighted by Crippen LogP contribution is -2.31. The van der Waals surface area contributed by atoms with Gasteiger partial charge in [-0.3, -0.25) is 9.69 Å². The summed E-state index contributed by atoms with van der Waals surface area (Å²) in [7, 11) is 1.86. The molecule has 3 rings (SSSR count). The summed E-state index contributed by atoms with van der Waals surface area (Å²) in [5.41, 5.74) is 0. The fourth-order valence-electron chi connectivity index (χ4n) is 3.13. The Hall–Kier alpha value is -1.69. The molecule has 0 spiro atoms. The Morgan fingerprint density at radius 3 is 3.00 bits per heavy atom. The number of hydrogen-bond donors (Lipinski definition) is 0. The Kier molecular flexibility index (Phi) is 4.05. The first-order chi connectivity index (χ1) is 10.1. The van der Waals surface area contributed by atoms with Crippen LogP contribution in [0.4, 0.5) is 4.39 Å². The highest BCUT2D eigenvalue weighted by Crippen LogP contribution is 2.21. The molecule has 0 N–H and O–H groups in total. The predicted molar refractivity (Wildman–Crippen MR) is 75.4 cm³/mol. The van der Waals surface area contributed by atoms with Crippen molar-refractivity contribution in [1.29, 1.82) is 0 Å². The molecule has 2 fully saturated rings. The second-order valence-corrected chi connectivity index (χ2v) is 5.93. The standard InChI is InChI=1S/C15H20FN3O2/c1-18-8-11(7-15(18)20)9-19-6-5-12(10-19)21-14-4-2-3-13(16)17-14/h2-4,11-12H,5-10H2,1H3. The van der Waals surface area contributed by atoms with E-state index >= 15 is 0 Å². The summed E-state index contributed by atoms with van der Waals surface area (Å²) in [5, 5.41) is 0. The van der Waals surface area contributed by atoms with Crippen molar-refractivity contribution < 1.29 is 13.9 Å². The first-order valence-electron chi connectivity index (χ1n) is 7.35. The number of carbonyl (C=O) groups is 1. The molecule has 0 saturated carbocycles. The molecule has 21 heavy (non-hydrogen) atoms. The molecule has 2 saturated heterocycles. The van der Waals surface area contributed by atoms with Crippen molar-refractivity contribution in [2.24, 2.45) is 5.92 Å². The van der Waals surface area contributed by atoms with E-state index in [0.717, 1.165) is 32.6 Å². The molecule has 2 unspecified atom stereocenters. The molecule has 1 aromatic rings. The van der Waals surface area contributed by atoms with Crippen LogP contribution in [0.5, 0.6) is 5.88 Å². The van der Waals surface area contributed by atoms with Crippen LogP contribution in [-0.2, 0) is 4.79 Å². The van der Waals surface area contributed by atoms with E-state index in [9.17, 15) is 9.18 Å². The number of aromatic nitrogens is 1.